The van der Waals surface area contributed by atoms with Crippen molar-refractivity contribution in [2.24, 2.45) is 7.05 Å². The lowest BCUT2D eigenvalue weighted by atomic mass is 10.1. The molecule has 1 aromatic heterocycles. The van der Waals surface area contributed by atoms with Crippen LogP contribution >= 0.6 is 22.6 Å². The van der Waals surface area contributed by atoms with E-state index < -0.39 is 0 Å². The van der Waals surface area contributed by atoms with Crippen LogP contribution in [0.2, 0.25) is 0 Å². The van der Waals surface area contributed by atoms with Crippen LogP contribution in [-0.4, -0.2) is 15.7 Å². The second-order valence-corrected chi connectivity index (χ2v) is 5.92. The van der Waals surface area contributed by atoms with Gasteiger partial charge in [-0.1, -0.05) is 30.3 Å². The topological polar surface area (TPSA) is 64.0 Å². The monoisotopic (exact) mass is 405 g/mol. The van der Waals surface area contributed by atoms with Crippen molar-refractivity contribution in [1.29, 1.82) is 0 Å². The summed E-state index contributed by atoms with van der Waals surface area (Å²) in [6.07, 6.45) is 0. The first kappa shape index (κ1) is 14.7. The van der Waals surface area contributed by atoms with Crippen LogP contribution < -0.4 is 10.9 Å². The molecule has 0 aliphatic rings. The predicted molar refractivity (Wildman–Crippen MR) is 94.1 cm³/mol. The normalized spacial score (nSPS) is 10.6. The van der Waals surface area contributed by atoms with Crippen molar-refractivity contribution in [2.45, 2.75) is 0 Å². The van der Waals surface area contributed by atoms with E-state index in [1.54, 1.807) is 24.3 Å². The molecular weight excluding hydrogens is 393 g/mol. The van der Waals surface area contributed by atoms with Crippen LogP contribution in [0.4, 0.5) is 5.69 Å². The number of amides is 1. The number of para-hydroxylation sites is 1. The molecule has 0 fully saturated rings. The van der Waals surface area contributed by atoms with Crippen molar-refractivity contribution >= 4 is 45.0 Å². The van der Waals surface area contributed by atoms with Crippen molar-refractivity contribution in [3.05, 3.63) is 68.1 Å². The second-order valence-electron chi connectivity index (χ2n) is 4.76. The summed E-state index contributed by atoms with van der Waals surface area (Å²) in [4.78, 5) is 24.6. The third-order valence-corrected chi connectivity index (χ3v) is 4.23. The van der Waals surface area contributed by atoms with Gasteiger partial charge in [-0.3, -0.25) is 9.59 Å². The van der Waals surface area contributed by atoms with E-state index >= 15 is 0 Å². The Hall–Kier alpha value is -2.22. The highest BCUT2D eigenvalue weighted by Gasteiger charge is 2.16. The Morgan fingerprint density at radius 3 is 2.45 bits per heavy atom. The van der Waals surface area contributed by atoms with Crippen LogP contribution in [0.15, 0.2) is 53.3 Å². The highest BCUT2D eigenvalue weighted by molar-refractivity contribution is 14.1. The number of hydrogen-bond acceptors (Lipinski definition) is 3. The number of fused-ring (bicyclic) bond motifs is 1. The van der Waals surface area contributed by atoms with E-state index in [-0.39, 0.29) is 17.2 Å². The lowest BCUT2D eigenvalue weighted by molar-refractivity contribution is 0.102. The number of carbonyl (C=O) groups excluding carboxylic acids is 1. The zero-order valence-corrected chi connectivity index (χ0v) is 13.9. The second kappa shape index (κ2) is 5.88. The fourth-order valence-electron chi connectivity index (χ4n) is 2.21. The van der Waals surface area contributed by atoms with Gasteiger partial charge in [0.1, 0.15) is 0 Å². The van der Waals surface area contributed by atoms with Crippen molar-refractivity contribution in [3.63, 3.8) is 0 Å². The molecule has 6 heteroatoms. The highest BCUT2D eigenvalue weighted by Crippen LogP contribution is 2.19. The van der Waals surface area contributed by atoms with Crippen LogP contribution in [0, 0.1) is 3.57 Å². The summed E-state index contributed by atoms with van der Waals surface area (Å²) in [6.45, 7) is 0. The molecule has 0 saturated heterocycles. The standard InChI is InChI=1S/C16H12IN3O2/c1-20-16(22)11-7-3-2-6-10(11)14(19-20)15(21)18-13-9-5-4-8-12(13)17/h2-9H,1H3,(H,18,21). The number of halogens is 1. The zero-order valence-electron chi connectivity index (χ0n) is 11.7. The van der Waals surface area contributed by atoms with Crippen LogP contribution in [0.1, 0.15) is 10.5 Å². The molecule has 0 unspecified atom stereocenters. The van der Waals surface area contributed by atoms with Gasteiger partial charge >= 0.3 is 0 Å². The maximum atomic E-state index is 12.6. The first-order chi connectivity index (χ1) is 10.6. The Labute approximate surface area is 140 Å². The molecule has 2 aromatic carbocycles. The van der Waals surface area contributed by atoms with E-state index in [1.807, 2.05) is 24.3 Å². The Bertz CT molecular complexity index is 934. The molecule has 3 rings (SSSR count). The molecule has 0 aliphatic carbocycles. The lowest BCUT2D eigenvalue weighted by Crippen LogP contribution is -2.25. The van der Waals surface area contributed by atoms with E-state index in [2.05, 4.69) is 33.0 Å². The number of hydrogen-bond donors (Lipinski definition) is 1. The SMILES string of the molecule is Cn1nc(C(=O)Nc2ccccc2I)c2ccccc2c1=O. The molecule has 0 spiro atoms. The molecule has 1 N–H and O–H groups in total. The Kier molecular flexibility index (Phi) is 3.93. The van der Waals surface area contributed by atoms with Gasteiger partial charge in [-0.2, -0.15) is 5.10 Å². The quantitative estimate of drug-likeness (QED) is 0.667. The summed E-state index contributed by atoms with van der Waals surface area (Å²) in [5.41, 5.74) is 0.728. The molecule has 1 amide bonds. The summed E-state index contributed by atoms with van der Waals surface area (Å²) in [6, 6.07) is 14.5. The Balaban J connectivity index is 2.11. The molecule has 5 nitrogen and oxygen atoms in total. The van der Waals surface area contributed by atoms with E-state index in [0.717, 1.165) is 3.57 Å². The number of rotatable bonds is 2. The molecule has 1 heterocycles. The number of carbonyl (C=O) groups is 1. The van der Waals surface area contributed by atoms with Crippen molar-refractivity contribution in [3.8, 4) is 0 Å². The van der Waals surface area contributed by atoms with Crippen LogP contribution in [0.3, 0.4) is 0 Å². The number of nitrogens with zero attached hydrogens (tertiary/aromatic N) is 2. The molecule has 22 heavy (non-hydrogen) atoms. The average Bonchev–Trinajstić information content (AvgIpc) is 2.53. The first-order valence-electron chi connectivity index (χ1n) is 6.60. The van der Waals surface area contributed by atoms with Gasteiger partial charge in [0.2, 0.25) is 0 Å². The zero-order chi connectivity index (χ0) is 15.7. The van der Waals surface area contributed by atoms with E-state index in [0.29, 0.717) is 16.5 Å². The average molecular weight is 405 g/mol. The first-order valence-corrected chi connectivity index (χ1v) is 7.68. The van der Waals surface area contributed by atoms with E-state index in [1.165, 1.54) is 11.7 Å². The number of anilines is 1. The molecule has 0 aliphatic heterocycles. The molecule has 110 valence electrons. The van der Waals surface area contributed by atoms with Gasteiger partial charge in [0.15, 0.2) is 5.69 Å². The summed E-state index contributed by atoms with van der Waals surface area (Å²) >= 11 is 2.15. The van der Waals surface area contributed by atoms with Crippen molar-refractivity contribution in [2.75, 3.05) is 5.32 Å². The summed E-state index contributed by atoms with van der Waals surface area (Å²) in [5.74, 6) is -0.337. The predicted octanol–water partition coefficient (Wildman–Crippen LogP) is 2.79. The summed E-state index contributed by atoms with van der Waals surface area (Å²) in [5, 5.41) is 7.99. The van der Waals surface area contributed by atoms with Gasteiger partial charge < -0.3 is 5.32 Å². The van der Waals surface area contributed by atoms with Crippen molar-refractivity contribution < 1.29 is 4.79 Å². The minimum atomic E-state index is -0.337. The van der Waals surface area contributed by atoms with Gasteiger partial charge in [0, 0.05) is 16.0 Å². The van der Waals surface area contributed by atoms with E-state index in [4.69, 9.17) is 0 Å². The lowest BCUT2D eigenvalue weighted by Gasteiger charge is -2.10. The largest absolute Gasteiger partial charge is 0.320 e. The van der Waals surface area contributed by atoms with Gasteiger partial charge in [-0.15, -0.1) is 0 Å². The van der Waals surface area contributed by atoms with Crippen LogP contribution in [0.5, 0.6) is 0 Å². The third-order valence-electron chi connectivity index (χ3n) is 3.29. The molecule has 3 aromatic rings. The smallest absolute Gasteiger partial charge is 0.276 e. The van der Waals surface area contributed by atoms with Gasteiger partial charge in [-0.05, 0) is 40.8 Å². The molecule has 0 bridgehead atoms. The van der Waals surface area contributed by atoms with E-state index in [9.17, 15) is 9.59 Å². The number of aryl methyl sites for hydroxylation is 1. The number of benzene rings is 2. The molecule has 0 atom stereocenters. The summed E-state index contributed by atoms with van der Waals surface area (Å²) in [7, 11) is 1.54. The molecular formula is C16H12IN3O2. The molecule has 0 saturated carbocycles. The number of nitrogens with one attached hydrogen (secondary N) is 1. The molecule has 0 radical (unpaired) electrons. The van der Waals surface area contributed by atoms with Crippen LogP contribution in [-0.2, 0) is 7.05 Å². The minimum absolute atomic E-state index is 0.221. The Morgan fingerprint density at radius 1 is 1.09 bits per heavy atom. The summed E-state index contributed by atoms with van der Waals surface area (Å²) < 4.78 is 2.12. The van der Waals surface area contributed by atoms with Gasteiger partial charge in [0.05, 0.1) is 11.1 Å². The third kappa shape index (κ3) is 2.61. The minimum Gasteiger partial charge on any atom is -0.320 e. The highest BCUT2D eigenvalue weighted by atomic mass is 127. The number of aromatic nitrogens is 2. The van der Waals surface area contributed by atoms with Gasteiger partial charge in [-0.25, -0.2) is 4.68 Å². The van der Waals surface area contributed by atoms with Crippen molar-refractivity contribution in [1.82, 2.24) is 9.78 Å². The Morgan fingerprint density at radius 2 is 1.73 bits per heavy atom. The van der Waals surface area contributed by atoms with Gasteiger partial charge in [0.25, 0.3) is 11.5 Å². The maximum absolute atomic E-state index is 12.6. The fraction of sp³-hybridized carbons (Fsp3) is 0.0625. The van der Waals surface area contributed by atoms with Crippen LogP contribution in [0.25, 0.3) is 10.8 Å². The maximum Gasteiger partial charge on any atom is 0.276 e. The fourth-order valence-corrected chi connectivity index (χ4v) is 2.73.